The van der Waals surface area contributed by atoms with Crippen molar-refractivity contribution in [1.82, 2.24) is 0 Å². The summed E-state index contributed by atoms with van der Waals surface area (Å²) < 4.78 is 20.6. The van der Waals surface area contributed by atoms with Gasteiger partial charge in [-0.05, 0) is 5.92 Å². The van der Waals surface area contributed by atoms with E-state index in [0.717, 1.165) is 0 Å². The summed E-state index contributed by atoms with van der Waals surface area (Å²) in [5, 5.41) is 9.33. The summed E-state index contributed by atoms with van der Waals surface area (Å²) >= 11 is 0. The normalized spacial score (nSPS) is 15.5. The highest BCUT2D eigenvalue weighted by atomic mass is 31.2. The zero-order valence-electron chi connectivity index (χ0n) is 7.27. The second-order valence-corrected chi connectivity index (χ2v) is 4.90. The topological polar surface area (TPSA) is 55.8 Å². The first kappa shape index (κ1) is 11.1. The molecule has 0 aromatic rings. The third kappa shape index (κ3) is 2.56. The minimum absolute atomic E-state index is 0.138. The van der Waals surface area contributed by atoms with Crippen molar-refractivity contribution >= 4 is 7.60 Å². The van der Waals surface area contributed by atoms with Gasteiger partial charge < -0.3 is 14.2 Å². The van der Waals surface area contributed by atoms with Gasteiger partial charge in [0.1, 0.15) is 0 Å². The minimum atomic E-state index is -3.27. The van der Waals surface area contributed by atoms with E-state index >= 15 is 0 Å². The van der Waals surface area contributed by atoms with Gasteiger partial charge in [0.05, 0.1) is 0 Å². The average Bonchev–Trinajstić information content (AvgIpc) is 2.01. The van der Waals surface area contributed by atoms with E-state index in [-0.39, 0.29) is 5.92 Å². The fourth-order valence-electron chi connectivity index (χ4n) is 0.656. The van der Waals surface area contributed by atoms with Crippen molar-refractivity contribution in [1.29, 1.82) is 0 Å². The first-order valence-electron chi connectivity index (χ1n) is 3.37. The van der Waals surface area contributed by atoms with E-state index in [4.69, 9.17) is 0 Å². The molecular formula is C6H15O4P. The Morgan fingerprint density at radius 3 is 1.73 bits per heavy atom. The van der Waals surface area contributed by atoms with Crippen LogP contribution < -0.4 is 0 Å². The molecule has 0 radical (unpaired) electrons. The molecule has 5 heteroatoms. The number of rotatable bonds is 4. The van der Waals surface area contributed by atoms with Gasteiger partial charge >= 0.3 is 7.60 Å². The van der Waals surface area contributed by atoms with Crippen LogP contribution in [0.15, 0.2) is 0 Å². The highest BCUT2D eigenvalue weighted by molar-refractivity contribution is 7.54. The molecule has 0 saturated carbocycles. The largest absolute Gasteiger partial charge is 0.380 e. The van der Waals surface area contributed by atoms with Gasteiger partial charge in [-0.25, -0.2) is 0 Å². The van der Waals surface area contributed by atoms with Gasteiger partial charge in [0, 0.05) is 14.2 Å². The van der Waals surface area contributed by atoms with E-state index in [1.54, 1.807) is 13.8 Å². The third-order valence-electron chi connectivity index (χ3n) is 1.43. The Morgan fingerprint density at radius 1 is 1.27 bits per heavy atom. The molecular weight excluding hydrogens is 167 g/mol. The summed E-state index contributed by atoms with van der Waals surface area (Å²) in [5.41, 5.74) is 0. The molecule has 0 bridgehead atoms. The van der Waals surface area contributed by atoms with Gasteiger partial charge in [-0.15, -0.1) is 0 Å². The highest BCUT2D eigenvalue weighted by Crippen LogP contribution is 2.52. The Labute approximate surface area is 67.0 Å². The molecule has 11 heavy (non-hydrogen) atoms. The number of aliphatic hydroxyl groups is 1. The summed E-state index contributed by atoms with van der Waals surface area (Å²) in [7, 11) is -0.753. The van der Waals surface area contributed by atoms with Crippen molar-refractivity contribution in [2.24, 2.45) is 5.92 Å². The minimum Gasteiger partial charge on any atom is -0.380 e. The zero-order valence-corrected chi connectivity index (χ0v) is 8.17. The Morgan fingerprint density at radius 2 is 1.64 bits per heavy atom. The maximum atomic E-state index is 11.4. The summed E-state index contributed by atoms with van der Waals surface area (Å²) in [6, 6.07) is 0. The highest BCUT2D eigenvalue weighted by Gasteiger charge is 2.34. The van der Waals surface area contributed by atoms with Crippen molar-refractivity contribution < 1.29 is 18.7 Å². The molecule has 0 heterocycles. The lowest BCUT2D eigenvalue weighted by Gasteiger charge is -2.22. The van der Waals surface area contributed by atoms with Gasteiger partial charge in [0.15, 0.2) is 5.85 Å². The lowest BCUT2D eigenvalue weighted by atomic mass is 10.2. The van der Waals surface area contributed by atoms with Crippen molar-refractivity contribution in [3.8, 4) is 0 Å². The van der Waals surface area contributed by atoms with E-state index in [0.29, 0.717) is 0 Å². The number of hydrogen-bond acceptors (Lipinski definition) is 4. The maximum Gasteiger partial charge on any atom is 0.358 e. The summed E-state index contributed by atoms with van der Waals surface area (Å²) in [6.45, 7) is 3.49. The Hall–Kier alpha value is 0.110. The smallest absolute Gasteiger partial charge is 0.358 e. The average molecular weight is 182 g/mol. The quantitative estimate of drug-likeness (QED) is 0.668. The molecule has 0 unspecified atom stereocenters. The molecule has 0 aromatic carbocycles. The van der Waals surface area contributed by atoms with Crippen LogP contribution in [0.5, 0.6) is 0 Å². The third-order valence-corrected chi connectivity index (χ3v) is 3.69. The van der Waals surface area contributed by atoms with Crippen LogP contribution in [0.1, 0.15) is 13.8 Å². The van der Waals surface area contributed by atoms with Crippen LogP contribution >= 0.6 is 7.60 Å². The predicted molar refractivity (Wildman–Crippen MR) is 42.5 cm³/mol. The van der Waals surface area contributed by atoms with E-state index in [2.05, 4.69) is 9.05 Å². The number of aliphatic hydroxyl groups excluding tert-OH is 1. The molecule has 0 aliphatic carbocycles. The van der Waals surface area contributed by atoms with Gasteiger partial charge in [0.25, 0.3) is 0 Å². The Balaban J connectivity index is 4.38. The molecule has 4 nitrogen and oxygen atoms in total. The monoisotopic (exact) mass is 182 g/mol. The Bertz CT molecular complexity index is 149. The first-order chi connectivity index (χ1) is 4.98. The molecule has 68 valence electrons. The number of hydrogen-bond donors (Lipinski definition) is 1. The van der Waals surface area contributed by atoms with Crippen molar-refractivity contribution in [3.05, 3.63) is 0 Å². The van der Waals surface area contributed by atoms with Crippen molar-refractivity contribution in [2.45, 2.75) is 19.7 Å². The van der Waals surface area contributed by atoms with Crippen LogP contribution in [-0.4, -0.2) is 25.2 Å². The van der Waals surface area contributed by atoms with Gasteiger partial charge in [-0.3, -0.25) is 4.57 Å². The first-order valence-corrected chi connectivity index (χ1v) is 4.98. The van der Waals surface area contributed by atoms with Crippen LogP contribution in [0.4, 0.5) is 0 Å². The molecule has 0 aromatic heterocycles. The molecule has 0 spiro atoms. The molecule has 0 saturated heterocycles. The molecule has 1 atom stereocenters. The second-order valence-electron chi connectivity index (χ2n) is 2.56. The molecule has 1 N–H and O–H groups in total. The zero-order chi connectivity index (χ0) is 9.07. The molecule has 0 aliphatic rings. The van der Waals surface area contributed by atoms with E-state index in [1.165, 1.54) is 14.2 Å². The fraction of sp³-hybridized carbons (Fsp3) is 1.00. The summed E-state index contributed by atoms with van der Waals surface area (Å²) in [5.74, 6) is -1.18. The van der Waals surface area contributed by atoms with Crippen molar-refractivity contribution in [3.63, 3.8) is 0 Å². The maximum absolute atomic E-state index is 11.4. The molecule has 0 amide bonds. The summed E-state index contributed by atoms with van der Waals surface area (Å²) in [6.07, 6.45) is 0. The summed E-state index contributed by atoms with van der Waals surface area (Å²) in [4.78, 5) is 0. The van der Waals surface area contributed by atoms with E-state index < -0.39 is 13.4 Å². The van der Waals surface area contributed by atoms with Gasteiger partial charge in [0.2, 0.25) is 0 Å². The van der Waals surface area contributed by atoms with Crippen LogP contribution in [0.3, 0.4) is 0 Å². The predicted octanol–water partition coefficient (Wildman–Crippen LogP) is 1.45. The van der Waals surface area contributed by atoms with Gasteiger partial charge in [-0.2, -0.15) is 0 Å². The second kappa shape index (κ2) is 4.21. The molecule has 0 aliphatic heterocycles. The van der Waals surface area contributed by atoms with E-state index in [1.807, 2.05) is 0 Å². The van der Waals surface area contributed by atoms with E-state index in [9.17, 15) is 9.67 Å². The standard InChI is InChI=1S/C6H15O4P/c1-5(2)6(7)11(8,9-3)10-4/h5-7H,1-4H3/t6-/m0/s1. The fourth-order valence-corrected chi connectivity index (χ4v) is 1.97. The molecule has 0 fully saturated rings. The SMILES string of the molecule is COP(=O)(OC)[C@H](O)C(C)C. The molecule has 0 rings (SSSR count). The van der Waals surface area contributed by atoms with Gasteiger partial charge in [-0.1, -0.05) is 13.8 Å². The Kier molecular flexibility index (Phi) is 4.26. The van der Waals surface area contributed by atoms with Crippen LogP contribution in [-0.2, 0) is 13.6 Å². The lowest BCUT2D eigenvalue weighted by molar-refractivity contribution is 0.141. The van der Waals surface area contributed by atoms with Crippen LogP contribution in [0.25, 0.3) is 0 Å². The van der Waals surface area contributed by atoms with Crippen LogP contribution in [0, 0.1) is 5.92 Å². The van der Waals surface area contributed by atoms with Crippen LogP contribution in [0.2, 0.25) is 0 Å². The van der Waals surface area contributed by atoms with Crippen molar-refractivity contribution in [2.75, 3.05) is 14.2 Å². The lowest BCUT2D eigenvalue weighted by Crippen LogP contribution is -2.16.